The lowest BCUT2D eigenvalue weighted by Gasteiger charge is -2.03. The van der Waals surface area contributed by atoms with Crippen LogP contribution in [0.5, 0.6) is 0 Å². The normalized spacial score (nSPS) is 10.1. The van der Waals surface area contributed by atoms with Crippen molar-refractivity contribution in [1.82, 2.24) is 4.98 Å². The standard InChI is InChI=1S/C11H8FNS/c12-10-7-6-9(14)11(13-10)8-4-2-1-3-5-8/h1-7,14H. The lowest BCUT2D eigenvalue weighted by atomic mass is 10.1. The van der Waals surface area contributed by atoms with Crippen molar-refractivity contribution in [2.75, 3.05) is 0 Å². The minimum Gasteiger partial charge on any atom is -0.219 e. The van der Waals surface area contributed by atoms with Crippen LogP contribution in [0.3, 0.4) is 0 Å². The highest BCUT2D eigenvalue weighted by Gasteiger charge is 2.04. The average molecular weight is 205 g/mol. The van der Waals surface area contributed by atoms with E-state index in [0.717, 1.165) is 5.56 Å². The Balaban J connectivity index is 2.57. The zero-order valence-electron chi connectivity index (χ0n) is 7.31. The smallest absolute Gasteiger partial charge is 0.213 e. The van der Waals surface area contributed by atoms with Crippen molar-refractivity contribution < 1.29 is 4.39 Å². The first-order valence-corrected chi connectivity index (χ1v) is 4.63. The molecule has 0 radical (unpaired) electrons. The number of aromatic nitrogens is 1. The Morgan fingerprint density at radius 3 is 2.43 bits per heavy atom. The Kier molecular flexibility index (Phi) is 2.50. The molecule has 0 aliphatic rings. The molecule has 70 valence electrons. The maximum Gasteiger partial charge on any atom is 0.213 e. The average Bonchev–Trinajstić information content (AvgIpc) is 2.23. The molecule has 2 rings (SSSR count). The van der Waals surface area contributed by atoms with Crippen LogP contribution in [-0.2, 0) is 0 Å². The van der Waals surface area contributed by atoms with Crippen LogP contribution < -0.4 is 0 Å². The summed E-state index contributed by atoms with van der Waals surface area (Å²) in [5, 5.41) is 0. The highest BCUT2D eigenvalue weighted by molar-refractivity contribution is 7.80. The number of hydrogen-bond donors (Lipinski definition) is 1. The van der Waals surface area contributed by atoms with Crippen molar-refractivity contribution >= 4 is 12.6 Å². The summed E-state index contributed by atoms with van der Waals surface area (Å²) < 4.78 is 12.9. The van der Waals surface area contributed by atoms with Crippen molar-refractivity contribution in [2.24, 2.45) is 0 Å². The number of nitrogens with zero attached hydrogens (tertiary/aromatic N) is 1. The maximum absolute atomic E-state index is 12.9. The molecule has 0 fully saturated rings. The van der Waals surface area contributed by atoms with Crippen LogP contribution in [0.1, 0.15) is 0 Å². The zero-order chi connectivity index (χ0) is 9.97. The van der Waals surface area contributed by atoms with Gasteiger partial charge in [-0.05, 0) is 12.1 Å². The Morgan fingerprint density at radius 2 is 1.71 bits per heavy atom. The molecule has 0 saturated carbocycles. The van der Waals surface area contributed by atoms with Crippen molar-refractivity contribution in [3.05, 3.63) is 48.4 Å². The third kappa shape index (κ3) is 1.77. The van der Waals surface area contributed by atoms with Crippen molar-refractivity contribution in [2.45, 2.75) is 4.90 Å². The summed E-state index contributed by atoms with van der Waals surface area (Å²) in [7, 11) is 0. The van der Waals surface area contributed by atoms with E-state index in [0.29, 0.717) is 10.6 Å². The number of benzene rings is 1. The Hall–Kier alpha value is -1.35. The lowest BCUT2D eigenvalue weighted by molar-refractivity contribution is 0.583. The molecule has 0 aliphatic heterocycles. The van der Waals surface area contributed by atoms with E-state index in [1.54, 1.807) is 6.07 Å². The van der Waals surface area contributed by atoms with Crippen LogP contribution >= 0.6 is 12.6 Å². The minimum absolute atomic E-state index is 0.485. The monoisotopic (exact) mass is 205 g/mol. The van der Waals surface area contributed by atoms with E-state index in [1.165, 1.54) is 6.07 Å². The fraction of sp³-hybridized carbons (Fsp3) is 0. The Bertz CT molecular complexity index is 442. The molecule has 0 atom stereocenters. The molecule has 14 heavy (non-hydrogen) atoms. The molecule has 0 N–H and O–H groups in total. The van der Waals surface area contributed by atoms with Gasteiger partial charge in [0.2, 0.25) is 5.95 Å². The van der Waals surface area contributed by atoms with Crippen molar-refractivity contribution in [1.29, 1.82) is 0 Å². The van der Waals surface area contributed by atoms with Gasteiger partial charge in [-0.2, -0.15) is 4.39 Å². The predicted molar refractivity (Wildman–Crippen MR) is 56.9 cm³/mol. The van der Waals surface area contributed by atoms with Crippen LogP contribution in [0.15, 0.2) is 47.4 Å². The van der Waals surface area contributed by atoms with Gasteiger partial charge in [0.1, 0.15) is 0 Å². The summed E-state index contributed by atoms with van der Waals surface area (Å²) in [4.78, 5) is 4.48. The van der Waals surface area contributed by atoms with Gasteiger partial charge in [-0.25, -0.2) is 4.98 Å². The summed E-state index contributed by atoms with van der Waals surface area (Å²) in [5.74, 6) is -0.485. The van der Waals surface area contributed by atoms with Crippen molar-refractivity contribution in [3.8, 4) is 11.3 Å². The van der Waals surface area contributed by atoms with Gasteiger partial charge in [0.25, 0.3) is 0 Å². The van der Waals surface area contributed by atoms with Crippen LogP contribution in [0, 0.1) is 5.95 Å². The van der Waals surface area contributed by atoms with Gasteiger partial charge in [-0.1, -0.05) is 30.3 Å². The second-order valence-corrected chi connectivity index (χ2v) is 3.35. The summed E-state index contributed by atoms with van der Waals surface area (Å²) in [5.41, 5.74) is 1.45. The molecule has 1 heterocycles. The van der Waals surface area contributed by atoms with Gasteiger partial charge in [0.05, 0.1) is 5.69 Å². The first-order valence-electron chi connectivity index (χ1n) is 4.18. The largest absolute Gasteiger partial charge is 0.219 e. The summed E-state index contributed by atoms with van der Waals surface area (Å²) in [6.45, 7) is 0. The molecule has 1 aromatic carbocycles. The minimum atomic E-state index is -0.485. The lowest BCUT2D eigenvalue weighted by Crippen LogP contribution is -1.88. The first kappa shape index (κ1) is 9.21. The summed E-state index contributed by atoms with van der Waals surface area (Å²) in [6.07, 6.45) is 0. The molecule has 0 spiro atoms. The van der Waals surface area contributed by atoms with Crippen LogP contribution in [-0.4, -0.2) is 4.98 Å². The van der Waals surface area contributed by atoms with E-state index in [9.17, 15) is 4.39 Å². The molecular weight excluding hydrogens is 197 g/mol. The number of thiol groups is 1. The molecular formula is C11H8FNS. The SMILES string of the molecule is Fc1ccc(S)c(-c2ccccc2)n1. The highest BCUT2D eigenvalue weighted by atomic mass is 32.1. The van der Waals surface area contributed by atoms with Gasteiger partial charge < -0.3 is 0 Å². The topological polar surface area (TPSA) is 12.9 Å². The molecule has 0 aliphatic carbocycles. The fourth-order valence-electron chi connectivity index (χ4n) is 1.24. The predicted octanol–water partition coefficient (Wildman–Crippen LogP) is 3.18. The zero-order valence-corrected chi connectivity index (χ0v) is 8.21. The molecule has 0 amide bonds. The number of halogens is 1. The van der Waals surface area contributed by atoms with Crippen LogP contribution in [0.4, 0.5) is 4.39 Å². The van der Waals surface area contributed by atoms with Crippen molar-refractivity contribution in [3.63, 3.8) is 0 Å². The van der Waals surface area contributed by atoms with Gasteiger partial charge in [-0.15, -0.1) is 12.6 Å². The highest BCUT2D eigenvalue weighted by Crippen LogP contribution is 2.23. The van der Waals surface area contributed by atoms with Crippen LogP contribution in [0.25, 0.3) is 11.3 Å². The van der Waals surface area contributed by atoms with E-state index in [2.05, 4.69) is 17.6 Å². The third-order valence-corrected chi connectivity index (χ3v) is 2.25. The first-order chi connectivity index (χ1) is 6.77. The number of hydrogen-bond acceptors (Lipinski definition) is 2. The van der Waals surface area contributed by atoms with Crippen LogP contribution in [0.2, 0.25) is 0 Å². The van der Waals surface area contributed by atoms with Gasteiger partial charge >= 0.3 is 0 Å². The van der Waals surface area contributed by atoms with Gasteiger partial charge in [0, 0.05) is 10.5 Å². The van der Waals surface area contributed by atoms with Gasteiger partial charge in [0.15, 0.2) is 0 Å². The van der Waals surface area contributed by atoms with Gasteiger partial charge in [-0.3, -0.25) is 0 Å². The second-order valence-electron chi connectivity index (χ2n) is 2.87. The van der Waals surface area contributed by atoms with E-state index >= 15 is 0 Å². The number of pyridine rings is 1. The summed E-state index contributed by atoms with van der Waals surface area (Å²) in [6, 6.07) is 12.3. The van der Waals surface area contributed by atoms with E-state index in [4.69, 9.17) is 0 Å². The number of rotatable bonds is 1. The molecule has 2 aromatic rings. The fourth-order valence-corrected chi connectivity index (χ4v) is 1.49. The molecule has 1 nitrogen and oxygen atoms in total. The van der Waals surface area contributed by atoms with E-state index in [-0.39, 0.29) is 0 Å². The second kappa shape index (κ2) is 3.80. The molecule has 1 aromatic heterocycles. The molecule has 0 unspecified atom stereocenters. The van der Waals surface area contributed by atoms with E-state index in [1.807, 2.05) is 30.3 Å². The molecule has 0 bridgehead atoms. The summed E-state index contributed by atoms with van der Waals surface area (Å²) >= 11 is 4.23. The molecule has 3 heteroatoms. The Morgan fingerprint density at radius 1 is 1.00 bits per heavy atom. The molecule has 0 saturated heterocycles. The quantitative estimate of drug-likeness (QED) is 0.557. The Labute approximate surface area is 87.0 Å². The third-order valence-electron chi connectivity index (χ3n) is 1.89. The van der Waals surface area contributed by atoms with E-state index < -0.39 is 5.95 Å². The maximum atomic E-state index is 12.9.